The molecule has 150 valence electrons. The Morgan fingerprint density at radius 3 is 2.46 bits per heavy atom. The van der Waals surface area contributed by atoms with Crippen molar-refractivity contribution in [3.63, 3.8) is 0 Å². The van der Waals surface area contributed by atoms with Gasteiger partial charge in [0, 0.05) is 17.6 Å². The number of carbonyl (C=O) groups is 1. The van der Waals surface area contributed by atoms with E-state index in [-0.39, 0.29) is 35.8 Å². The second-order valence-corrected chi connectivity index (χ2v) is 9.29. The van der Waals surface area contributed by atoms with Gasteiger partial charge in [-0.25, -0.2) is 17.2 Å². The van der Waals surface area contributed by atoms with E-state index in [1.165, 1.54) is 31.3 Å². The number of benzene rings is 2. The molecule has 2 aromatic carbocycles. The third-order valence-corrected chi connectivity index (χ3v) is 7.63. The number of hydrogen-bond acceptors (Lipinski definition) is 4. The van der Waals surface area contributed by atoms with Crippen molar-refractivity contribution in [1.82, 2.24) is 5.32 Å². The van der Waals surface area contributed by atoms with E-state index in [1.54, 1.807) is 0 Å². The van der Waals surface area contributed by atoms with Crippen molar-refractivity contribution in [3.05, 3.63) is 64.7 Å². The summed E-state index contributed by atoms with van der Waals surface area (Å²) in [5, 5.41) is 2.75. The number of carbonyl (C=O) groups excluding carboxylic acids is 1. The molecule has 0 radical (unpaired) electrons. The van der Waals surface area contributed by atoms with E-state index in [0.717, 1.165) is 18.2 Å². The summed E-state index contributed by atoms with van der Waals surface area (Å²) < 4.78 is 58.8. The average Bonchev–Trinajstić information content (AvgIpc) is 2.63. The first-order valence-electron chi connectivity index (χ1n) is 8.47. The zero-order chi connectivity index (χ0) is 20.5. The monoisotopic (exact) mass is 429 g/mol. The lowest BCUT2D eigenvalue weighted by Gasteiger charge is -2.46. The number of rotatable bonds is 6. The minimum absolute atomic E-state index is 0.0506. The molecule has 1 fully saturated rings. The van der Waals surface area contributed by atoms with Crippen molar-refractivity contribution in [1.29, 1.82) is 0 Å². The molecule has 0 atom stereocenters. The highest BCUT2D eigenvalue weighted by molar-refractivity contribution is 7.92. The summed E-state index contributed by atoms with van der Waals surface area (Å²) >= 11 is 5.83. The Bertz CT molecular complexity index is 989. The summed E-state index contributed by atoms with van der Waals surface area (Å²) in [4.78, 5) is 11.3. The van der Waals surface area contributed by atoms with Gasteiger partial charge in [0.15, 0.2) is 9.84 Å². The predicted molar refractivity (Wildman–Crippen MR) is 99.7 cm³/mol. The van der Waals surface area contributed by atoms with E-state index in [2.05, 4.69) is 5.32 Å². The average molecular weight is 430 g/mol. The van der Waals surface area contributed by atoms with Gasteiger partial charge in [-0.3, -0.25) is 4.79 Å². The molecule has 0 aliphatic heterocycles. The highest BCUT2D eigenvalue weighted by Gasteiger charge is 2.57. The predicted octanol–water partition coefficient (Wildman–Crippen LogP) is 3.21. The normalized spacial score (nSPS) is 21.8. The Morgan fingerprint density at radius 1 is 1.21 bits per heavy atom. The summed E-state index contributed by atoms with van der Waals surface area (Å²) in [6.07, 6.45) is -0.785. The van der Waals surface area contributed by atoms with Gasteiger partial charge in [-0.05, 0) is 55.3 Å². The smallest absolute Gasteiger partial charge is 0.245 e. The number of ether oxygens (including phenoxy) is 1. The van der Waals surface area contributed by atoms with Crippen molar-refractivity contribution in [3.8, 4) is 0 Å². The van der Waals surface area contributed by atoms with E-state index >= 15 is 0 Å². The molecule has 3 rings (SSSR count). The number of amides is 1. The van der Waals surface area contributed by atoms with Crippen molar-refractivity contribution < 1.29 is 26.7 Å². The Kier molecular flexibility index (Phi) is 5.74. The molecule has 28 heavy (non-hydrogen) atoms. The molecule has 2 aromatic rings. The third kappa shape index (κ3) is 3.64. The van der Waals surface area contributed by atoms with Crippen LogP contribution in [0.4, 0.5) is 8.78 Å². The van der Waals surface area contributed by atoms with E-state index in [4.69, 9.17) is 16.3 Å². The fourth-order valence-electron chi connectivity index (χ4n) is 3.33. The molecule has 0 unspecified atom stereocenters. The SMILES string of the molecule is CNC(=O)COC1CC(c2cc(F)ccc2F)(S(=O)(=O)c2ccc(Cl)cc2)C1. The van der Waals surface area contributed by atoms with Gasteiger partial charge >= 0.3 is 0 Å². The Labute approximate surface area is 166 Å². The molecule has 1 aliphatic rings. The van der Waals surface area contributed by atoms with Crippen molar-refractivity contribution in [2.75, 3.05) is 13.7 Å². The molecule has 0 heterocycles. The molecule has 0 saturated heterocycles. The van der Waals surface area contributed by atoms with Crippen LogP contribution in [-0.4, -0.2) is 34.1 Å². The second kappa shape index (κ2) is 7.77. The zero-order valence-electron chi connectivity index (χ0n) is 14.9. The highest BCUT2D eigenvalue weighted by atomic mass is 35.5. The molecule has 1 amide bonds. The molecular formula is C19H18ClF2NO4S. The Morgan fingerprint density at radius 2 is 1.86 bits per heavy atom. The minimum Gasteiger partial charge on any atom is -0.368 e. The van der Waals surface area contributed by atoms with Gasteiger partial charge in [-0.1, -0.05) is 11.6 Å². The first-order chi connectivity index (χ1) is 13.2. The van der Waals surface area contributed by atoms with Crippen molar-refractivity contribution in [2.24, 2.45) is 0 Å². The maximum atomic E-state index is 14.5. The van der Waals surface area contributed by atoms with E-state index in [9.17, 15) is 22.0 Å². The first kappa shape index (κ1) is 20.7. The van der Waals surface area contributed by atoms with Crippen LogP contribution in [-0.2, 0) is 24.1 Å². The van der Waals surface area contributed by atoms with Crippen LogP contribution in [0.15, 0.2) is 47.4 Å². The molecule has 5 nitrogen and oxygen atoms in total. The summed E-state index contributed by atoms with van der Waals surface area (Å²) in [6.45, 7) is -0.246. The molecule has 0 spiro atoms. The number of nitrogens with one attached hydrogen (secondary N) is 1. The van der Waals surface area contributed by atoms with Crippen LogP contribution in [0.3, 0.4) is 0 Å². The first-order valence-corrected chi connectivity index (χ1v) is 10.3. The fraction of sp³-hybridized carbons (Fsp3) is 0.316. The molecule has 0 bridgehead atoms. The summed E-state index contributed by atoms with van der Waals surface area (Å²) in [5.74, 6) is -1.92. The molecule has 1 N–H and O–H groups in total. The minimum atomic E-state index is -4.10. The standard InChI is InChI=1S/C19H18ClF2NO4S/c1-23-18(24)11-27-14-9-19(10-14,16-8-13(21)4-7-17(16)22)28(25,26)15-5-2-12(20)3-6-15/h2-8,14H,9-11H2,1H3,(H,23,24). The topological polar surface area (TPSA) is 72.5 Å². The van der Waals surface area contributed by atoms with Gasteiger partial charge in [0.2, 0.25) is 5.91 Å². The van der Waals surface area contributed by atoms with Gasteiger partial charge in [0.05, 0.1) is 11.0 Å². The molecule has 1 saturated carbocycles. The second-order valence-electron chi connectivity index (χ2n) is 6.59. The van der Waals surface area contributed by atoms with Crippen LogP contribution in [0.5, 0.6) is 0 Å². The Balaban J connectivity index is 2.01. The van der Waals surface area contributed by atoms with Crippen LogP contribution in [0.25, 0.3) is 0 Å². The lowest BCUT2D eigenvalue weighted by molar-refractivity contribution is -0.130. The summed E-state index contributed by atoms with van der Waals surface area (Å²) in [5.41, 5.74) is -0.248. The summed E-state index contributed by atoms with van der Waals surface area (Å²) in [7, 11) is -2.65. The molecule has 1 aliphatic carbocycles. The number of halogens is 3. The zero-order valence-corrected chi connectivity index (χ0v) is 16.5. The molecular weight excluding hydrogens is 412 g/mol. The highest BCUT2D eigenvalue weighted by Crippen LogP contribution is 2.52. The lowest BCUT2D eigenvalue weighted by Crippen LogP contribution is -2.52. The van der Waals surface area contributed by atoms with Gasteiger partial charge < -0.3 is 10.1 Å². The van der Waals surface area contributed by atoms with Crippen molar-refractivity contribution >= 4 is 27.3 Å². The van der Waals surface area contributed by atoms with Crippen LogP contribution in [0.1, 0.15) is 18.4 Å². The lowest BCUT2D eigenvalue weighted by atomic mass is 9.76. The fourth-order valence-corrected chi connectivity index (χ4v) is 5.66. The largest absolute Gasteiger partial charge is 0.368 e. The van der Waals surface area contributed by atoms with E-state index in [0.29, 0.717) is 5.02 Å². The van der Waals surface area contributed by atoms with Gasteiger partial charge in [-0.15, -0.1) is 0 Å². The van der Waals surface area contributed by atoms with Crippen molar-refractivity contribution in [2.45, 2.75) is 28.6 Å². The summed E-state index contributed by atoms with van der Waals surface area (Å²) in [6, 6.07) is 8.23. The van der Waals surface area contributed by atoms with Crippen LogP contribution in [0, 0.1) is 11.6 Å². The van der Waals surface area contributed by atoms with Gasteiger partial charge in [0.25, 0.3) is 0 Å². The molecule has 0 aromatic heterocycles. The number of likely N-dealkylation sites (N-methyl/N-ethyl adjacent to an activating group) is 1. The Hall–Kier alpha value is -2.03. The van der Waals surface area contributed by atoms with E-state index < -0.39 is 32.3 Å². The van der Waals surface area contributed by atoms with Crippen LogP contribution in [0.2, 0.25) is 5.02 Å². The third-order valence-electron chi connectivity index (χ3n) is 4.90. The maximum absolute atomic E-state index is 14.5. The van der Waals surface area contributed by atoms with Gasteiger partial charge in [-0.2, -0.15) is 0 Å². The maximum Gasteiger partial charge on any atom is 0.245 e. The van der Waals surface area contributed by atoms with Crippen LogP contribution >= 0.6 is 11.6 Å². The number of sulfone groups is 1. The van der Waals surface area contributed by atoms with Crippen LogP contribution < -0.4 is 5.32 Å². The van der Waals surface area contributed by atoms with E-state index in [1.807, 2.05) is 0 Å². The molecule has 9 heteroatoms. The quantitative estimate of drug-likeness (QED) is 0.765. The van der Waals surface area contributed by atoms with Gasteiger partial charge in [0.1, 0.15) is 23.0 Å². The number of hydrogen-bond donors (Lipinski definition) is 1.